The Kier molecular flexibility index (Phi) is 4.79. The third kappa shape index (κ3) is 3.24. The van der Waals surface area contributed by atoms with Gasteiger partial charge in [0.05, 0.1) is 39.6 Å². The van der Waals surface area contributed by atoms with E-state index in [-0.39, 0.29) is 0 Å². The van der Waals surface area contributed by atoms with E-state index in [1.807, 2.05) is 36.4 Å². The molecule has 3 aromatic rings. The maximum atomic E-state index is 5.43. The van der Waals surface area contributed by atoms with Gasteiger partial charge in [-0.1, -0.05) is 0 Å². The summed E-state index contributed by atoms with van der Waals surface area (Å²) in [5.41, 5.74) is 2.46. The zero-order valence-electron chi connectivity index (χ0n) is 14.6. The zero-order chi connectivity index (χ0) is 17.8. The fourth-order valence-electron chi connectivity index (χ4n) is 2.64. The number of nitrogens with one attached hydrogen (secondary N) is 1. The first kappa shape index (κ1) is 16.7. The first-order valence-corrected chi connectivity index (χ1v) is 7.70. The van der Waals surface area contributed by atoms with E-state index in [4.69, 9.17) is 18.9 Å². The molecule has 130 valence electrons. The summed E-state index contributed by atoms with van der Waals surface area (Å²) in [4.78, 5) is 4.41. The van der Waals surface area contributed by atoms with E-state index in [2.05, 4.69) is 10.3 Å². The van der Waals surface area contributed by atoms with Gasteiger partial charge in [-0.25, -0.2) is 0 Å². The van der Waals surface area contributed by atoms with Gasteiger partial charge in [0.25, 0.3) is 0 Å². The number of nitrogens with zero attached hydrogens (tertiary/aromatic N) is 1. The smallest absolute Gasteiger partial charge is 0.162 e. The van der Waals surface area contributed by atoms with Crippen LogP contribution in [0.2, 0.25) is 0 Å². The molecule has 0 saturated carbocycles. The minimum absolute atomic E-state index is 0.638. The molecule has 1 aromatic heterocycles. The van der Waals surface area contributed by atoms with Gasteiger partial charge in [0.1, 0.15) is 11.5 Å². The molecular weight excluding hydrogens is 320 g/mol. The minimum Gasteiger partial charge on any atom is -0.497 e. The summed E-state index contributed by atoms with van der Waals surface area (Å²) in [5, 5.41) is 4.30. The van der Waals surface area contributed by atoms with Crippen LogP contribution in [0, 0.1) is 0 Å². The number of hydrogen-bond donors (Lipinski definition) is 1. The molecule has 1 N–H and O–H groups in total. The summed E-state index contributed by atoms with van der Waals surface area (Å²) in [6.45, 7) is 0. The number of fused-ring (bicyclic) bond motifs is 1. The SMILES string of the molecule is COc1ccc(OC)c(Nc2ccnc3cc(OC)c(OC)cc23)c1. The van der Waals surface area contributed by atoms with Gasteiger partial charge in [0.15, 0.2) is 11.5 Å². The van der Waals surface area contributed by atoms with E-state index < -0.39 is 0 Å². The molecule has 1 heterocycles. The van der Waals surface area contributed by atoms with Crippen LogP contribution in [-0.2, 0) is 0 Å². The van der Waals surface area contributed by atoms with Gasteiger partial charge >= 0.3 is 0 Å². The van der Waals surface area contributed by atoms with Crippen molar-refractivity contribution in [2.75, 3.05) is 33.8 Å². The number of ether oxygens (including phenoxy) is 4. The molecule has 6 heteroatoms. The first-order valence-electron chi connectivity index (χ1n) is 7.70. The van der Waals surface area contributed by atoms with E-state index >= 15 is 0 Å². The number of benzene rings is 2. The van der Waals surface area contributed by atoms with Crippen LogP contribution in [0.25, 0.3) is 10.9 Å². The second-order valence-corrected chi connectivity index (χ2v) is 5.27. The minimum atomic E-state index is 0.638. The Morgan fingerprint density at radius 2 is 1.44 bits per heavy atom. The highest BCUT2D eigenvalue weighted by Crippen LogP contribution is 2.37. The summed E-state index contributed by atoms with van der Waals surface area (Å²) in [6, 6.07) is 11.2. The van der Waals surface area contributed by atoms with E-state index in [0.29, 0.717) is 17.2 Å². The van der Waals surface area contributed by atoms with Crippen molar-refractivity contribution in [1.29, 1.82) is 0 Å². The quantitative estimate of drug-likeness (QED) is 0.731. The van der Waals surface area contributed by atoms with Gasteiger partial charge in [0, 0.05) is 29.4 Å². The van der Waals surface area contributed by atoms with E-state index in [9.17, 15) is 0 Å². The van der Waals surface area contributed by atoms with Crippen LogP contribution in [-0.4, -0.2) is 33.4 Å². The van der Waals surface area contributed by atoms with Crippen LogP contribution in [0.5, 0.6) is 23.0 Å². The lowest BCUT2D eigenvalue weighted by atomic mass is 10.1. The van der Waals surface area contributed by atoms with Gasteiger partial charge in [0.2, 0.25) is 0 Å². The molecule has 25 heavy (non-hydrogen) atoms. The highest BCUT2D eigenvalue weighted by molar-refractivity contribution is 5.95. The van der Waals surface area contributed by atoms with E-state index in [1.165, 1.54) is 0 Å². The van der Waals surface area contributed by atoms with Gasteiger partial charge in [-0.2, -0.15) is 0 Å². The molecule has 0 fully saturated rings. The molecule has 3 rings (SSSR count). The molecule has 0 atom stereocenters. The Bertz CT molecular complexity index is 896. The third-order valence-electron chi connectivity index (χ3n) is 3.92. The largest absolute Gasteiger partial charge is 0.497 e. The van der Waals surface area contributed by atoms with Crippen LogP contribution in [0.3, 0.4) is 0 Å². The lowest BCUT2D eigenvalue weighted by Gasteiger charge is -2.15. The maximum absolute atomic E-state index is 5.43. The fourth-order valence-corrected chi connectivity index (χ4v) is 2.64. The second-order valence-electron chi connectivity index (χ2n) is 5.27. The lowest BCUT2D eigenvalue weighted by molar-refractivity contribution is 0.356. The lowest BCUT2D eigenvalue weighted by Crippen LogP contribution is -1.98. The van der Waals surface area contributed by atoms with Gasteiger partial charge in [-0.15, -0.1) is 0 Å². The van der Waals surface area contributed by atoms with Crippen molar-refractivity contribution in [1.82, 2.24) is 4.98 Å². The van der Waals surface area contributed by atoms with E-state index in [0.717, 1.165) is 28.0 Å². The monoisotopic (exact) mass is 340 g/mol. The molecule has 0 bridgehead atoms. The van der Waals surface area contributed by atoms with Crippen molar-refractivity contribution in [3.05, 3.63) is 42.6 Å². The van der Waals surface area contributed by atoms with Crippen molar-refractivity contribution < 1.29 is 18.9 Å². The van der Waals surface area contributed by atoms with Crippen molar-refractivity contribution in [3.63, 3.8) is 0 Å². The summed E-state index contributed by atoms with van der Waals surface area (Å²) < 4.78 is 21.5. The van der Waals surface area contributed by atoms with Crippen molar-refractivity contribution in [2.24, 2.45) is 0 Å². The number of rotatable bonds is 6. The van der Waals surface area contributed by atoms with Crippen LogP contribution >= 0.6 is 0 Å². The van der Waals surface area contributed by atoms with Crippen molar-refractivity contribution >= 4 is 22.3 Å². The van der Waals surface area contributed by atoms with Gasteiger partial charge in [-0.3, -0.25) is 4.98 Å². The normalized spacial score (nSPS) is 10.4. The molecule has 0 saturated heterocycles. The molecular formula is C19H20N2O4. The Morgan fingerprint density at radius 1 is 0.720 bits per heavy atom. The van der Waals surface area contributed by atoms with Gasteiger partial charge < -0.3 is 24.3 Å². The number of hydrogen-bond acceptors (Lipinski definition) is 6. The summed E-state index contributed by atoms with van der Waals surface area (Å²) >= 11 is 0. The summed E-state index contributed by atoms with van der Waals surface area (Å²) in [5.74, 6) is 2.73. The molecule has 0 spiro atoms. The Hall–Kier alpha value is -3.15. The number of aromatic nitrogens is 1. The van der Waals surface area contributed by atoms with Crippen molar-refractivity contribution in [2.45, 2.75) is 0 Å². The molecule has 2 aromatic carbocycles. The molecule has 0 radical (unpaired) electrons. The van der Waals surface area contributed by atoms with Crippen LogP contribution in [0.1, 0.15) is 0 Å². The van der Waals surface area contributed by atoms with Crippen LogP contribution < -0.4 is 24.3 Å². The average Bonchev–Trinajstić information content (AvgIpc) is 2.67. The number of methoxy groups -OCH3 is 4. The average molecular weight is 340 g/mol. The molecule has 0 aliphatic carbocycles. The summed E-state index contributed by atoms with van der Waals surface area (Å²) in [7, 11) is 6.47. The van der Waals surface area contributed by atoms with Crippen LogP contribution in [0.15, 0.2) is 42.6 Å². The van der Waals surface area contributed by atoms with Crippen molar-refractivity contribution in [3.8, 4) is 23.0 Å². The first-order chi connectivity index (χ1) is 12.2. The zero-order valence-corrected chi connectivity index (χ0v) is 14.6. The Labute approximate surface area is 146 Å². The summed E-state index contributed by atoms with van der Waals surface area (Å²) in [6.07, 6.45) is 1.74. The Morgan fingerprint density at radius 3 is 2.12 bits per heavy atom. The topological polar surface area (TPSA) is 61.8 Å². The molecule has 0 amide bonds. The highest BCUT2D eigenvalue weighted by Gasteiger charge is 2.12. The predicted molar refractivity (Wildman–Crippen MR) is 97.7 cm³/mol. The standard InChI is InChI=1S/C19H20N2O4/c1-22-12-5-6-17(23-2)16(9-12)21-14-7-8-20-15-11-19(25-4)18(24-3)10-13(14)15/h5-11H,1-4H3,(H,20,21). The Balaban J connectivity index is 2.10. The predicted octanol–water partition coefficient (Wildman–Crippen LogP) is 4.01. The van der Waals surface area contributed by atoms with Crippen LogP contribution in [0.4, 0.5) is 11.4 Å². The number of anilines is 2. The number of pyridine rings is 1. The molecule has 0 aliphatic heterocycles. The van der Waals surface area contributed by atoms with E-state index in [1.54, 1.807) is 34.6 Å². The van der Waals surface area contributed by atoms with Gasteiger partial charge in [-0.05, 0) is 24.3 Å². The maximum Gasteiger partial charge on any atom is 0.162 e. The molecule has 0 unspecified atom stereocenters. The fraction of sp³-hybridized carbons (Fsp3) is 0.211. The third-order valence-corrected chi connectivity index (χ3v) is 3.92. The second kappa shape index (κ2) is 7.17. The molecule has 6 nitrogen and oxygen atoms in total. The highest BCUT2D eigenvalue weighted by atomic mass is 16.5. The molecule has 0 aliphatic rings.